The van der Waals surface area contributed by atoms with Crippen molar-refractivity contribution in [3.63, 3.8) is 0 Å². The van der Waals surface area contributed by atoms with Crippen LogP contribution in [0.2, 0.25) is 0 Å². The molecule has 1 unspecified atom stereocenters. The third kappa shape index (κ3) is 4.83. The van der Waals surface area contributed by atoms with Gasteiger partial charge in [0.25, 0.3) is 0 Å². The van der Waals surface area contributed by atoms with Crippen molar-refractivity contribution in [2.75, 3.05) is 26.2 Å². The Balaban J connectivity index is 1.89. The van der Waals surface area contributed by atoms with Crippen LogP contribution in [0.1, 0.15) is 56.7 Å². The van der Waals surface area contributed by atoms with Gasteiger partial charge < -0.3 is 5.32 Å². The maximum atomic E-state index is 4.79. The molecule has 0 amide bonds. The van der Waals surface area contributed by atoms with E-state index in [1.165, 1.54) is 56.1 Å². The predicted octanol–water partition coefficient (Wildman–Crippen LogP) is 3.48. The molecular weight excluding hydrogens is 266 g/mol. The second-order valence-corrected chi connectivity index (χ2v) is 7.17. The number of aromatic nitrogens is 1. The van der Waals surface area contributed by atoms with Crippen molar-refractivity contribution in [2.24, 2.45) is 5.92 Å². The lowest BCUT2D eigenvalue weighted by Gasteiger charge is -2.29. The summed E-state index contributed by atoms with van der Waals surface area (Å²) in [6.45, 7) is 12.5. The summed E-state index contributed by atoms with van der Waals surface area (Å²) in [5.41, 5.74) is 1.26. The monoisotopic (exact) mass is 295 g/mol. The van der Waals surface area contributed by atoms with E-state index in [1.807, 2.05) is 11.3 Å². The summed E-state index contributed by atoms with van der Waals surface area (Å²) in [7, 11) is 0. The number of hydrogen-bond acceptors (Lipinski definition) is 4. The largest absolute Gasteiger partial charge is 0.316 e. The van der Waals surface area contributed by atoms with E-state index in [0.717, 1.165) is 12.5 Å². The first-order chi connectivity index (χ1) is 9.69. The van der Waals surface area contributed by atoms with Gasteiger partial charge in [-0.2, -0.15) is 0 Å². The van der Waals surface area contributed by atoms with Gasteiger partial charge in [0.05, 0.1) is 10.7 Å². The standard InChI is InChI=1S/C16H29N3S/c1-4-8-19(10-14-6-5-7-17-9-14)11-15-12-20-16(18-15)13(2)3/h12-14,17H,4-11H2,1-3H3. The molecule has 0 bridgehead atoms. The van der Waals surface area contributed by atoms with Crippen LogP contribution in [0.4, 0.5) is 0 Å². The molecule has 0 aromatic carbocycles. The fourth-order valence-corrected chi connectivity index (χ4v) is 3.71. The number of thiazole rings is 1. The lowest BCUT2D eigenvalue weighted by Crippen LogP contribution is -2.38. The topological polar surface area (TPSA) is 28.2 Å². The molecule has 1 aromatic rings. The minimum Gasteiger partial charge on any atom is -0.316 e. The SMILES string of the molecule is CCCN(Cc1csc(C(C)C)n1)CC1CCCNC1. The molecule has 1 saturated heterocycles. The Morgan fingerprint density at radius 1 is 1.50 bits per heavy atom. The molecule has 0 aliphatic carbocycles. The zero-order chi connectivity index (χ0) is 14.4. The second kappa shape index (κ2) is 8.11. The van der Waals surface area contributed by atoms with Gasteiger partial charge in [-0.3, -0.25) is 4.90 Å². The number of rotatable bonds is 7. The Kier molecular flexibility index (Phi) is 6.46. The summed E-state index contributed by atoms with van der Waals surface area (Å²) >= 11 is 1.81. The molecule has 114 valence electrons. The maximum absolute atomic E-state index is 4.79. The highest BCUT2D eigenvalue weighted by Crippen LogP contribution is 2.21. The van der Waals surface area contributed by atoms with Crippen LogP contribution in [0.15, 0.2) is 5.38 Å². The third-order valence-corrected chi connectivity index (χ3v) is 5.10. The first kappa shape index (κ1) is 15.9. The van der Waals surface area contributed by atoms with Crippen LogP contribution in [0.3, 0.4) is 0 Å². The van der Waals surface area contributed by atoms with Gasteiger partial charge in [0.15, 0.2) is 0 Å². The summed E-state index contributed by atoms with van der Waals surface area (Å²) < 4.78 is 0. The molecule has 1 aromatic heterocycles. The predicted molar refractivity (Wildman–Crippen MR) is 87.4 cm³/mol. The van der Waals surface area contributed by atoms with Gasteiger partial charge in [-0.25, -0.2) is 4.98 Å². The molecule has 1 N–H and O–H groups in total. The van der Waals surface area contributed by atoms with E-state index in [1.54, 1.807) is 0 Å². The number of hydrogen-bond donors (Lipinski definition) is 1. The van der Waals surface area contributed by atoms with Crippen LogP contribution < -0.4 is 5.32 Å². The lowest BCUT2D eigenvalue weighted by molar-refractivity contribution is 0.199. The molecular formula is C16H29N3S. The number of nitrogens with one attached hydrogen (secondary N) is 1. The smallest absolute Gasteiger partial charge is 0.0954 e. The zero-order valence-electron chi connectivity index (χ0n) is 13.2. The quantitative estimate of drug-likeness (QED) is 0.835. The van der Waals surface area contributed by atoms with Gasteiger partial charge in [0, 0.05) is 24.4 Å². The fraction of sp³-hybridized carbons (Fsp3) is 0.812. The molecule has 2 heterocycles. The Morgan fingerprint density at radius 3 is 2.95 bits per heavy atom. The van der Waals surface area contributed by atoms with Crippen LogP contribution in [-0.4, -0.2) is 36.1 Å². The average molecular weight is 295 g/mol. The van der Waals surface area contributed by atoms with Crippen LogP contribution in [0.25, 0.3) is 0 Å². The highest BCUT2D eigenvalue weighted by Gasteiger charge is 2.17. The van der Waals surface area contributed by atoms with Gasteiger partial charge >= 0.3 is 0 Å². The highest BCUT2D eigenvalue weighted by molar-refractivity contribution is 7.09. The molecule has 3 nitrogen and oxygen atoms in total. The number of nitrogens with zero attached hydrogens (tertiary/aromatic N) is 2. The molecule has 2 rings (SSSR count). The third-order valence-electron chi connectivity index (χ3n) is 3.90. The second-order valence-electron chi connectivity index (χ2n) is 6.28. The van der Waals surface area contributed by atoms with Crippen LogP contribution in [0.5, 0.6) is 0 Å². The summed E-state index contributed by atoms with van der Waals surface area (Å²) in [5.74, 6) is 1.37. The zero-order valence-corrected chi connectivity index (χ0v) is 14.0. The Hall–Kier alpha value is -0.450. The van der Waals surface area contributed by atoms with Crippen molar-refractivity contribution in [3.05, 3.63) is 16.1 Å². The number of piperidine rings is 1. The summed E-state index contributed by atoms with van der Waals surface area (Å²) in [6.07, 6.45) is 3.93. The van der Waals surface area contributed by atoms with Gasteiger partial charge in [0.1, 0.15) is 0 Å². The van der Waals surface area contributed by atoms with Crippen molar-refractivity contribution >= 4 is 11.3 Å². The Bertz CT molecular complexity index is 383. The molecule has 20 heavy (non-hydrogen) atoms. The van der Waals surface area contributed by atoms with Gasteiger partial charge in [0.2, 0.25) is 0 Å². The molecule has 1 fully saturated rings. The molecule has 1 atom stereocenters. The molecule has 0 saturated carbocycles. The fourth-order valence-electron chi connectivity index (χ4n) is 2.89. The van der Waals surface area contributed by atoms with Crippen LogP contribution in [0, 0.1) is 5.92 Å². The summed E-state index contributed by atoms with van der Waals surface area (Å²) in [6, 6.07) is 0. The Morgan fingerprint density at radius 2 is 2.35 bits per heavy atom. The van der Waals surface area contributed by atoms with Crippen LogP contribution in [-0.2, 0) is 6.54 Å². The van der Waals surface area contributed by atoms with E-state index < -0.39 is 0 Å². The lowest BCUT2D eigenvalue weighted by atomic mass is 9.99. The summed E-state index contributed by atoms with van der Waals surface area (Å²) in [5, 5.41) is 7.05. The van der Waals surface area contributed by atoms with Crippen molar-refractivity contribution in [3.8, 4) is 0 Å². The van der Waals surface area contributed by atoms with E-state index in [2.05, 4.69) is 36.4 Å². The molecule has 0 radical (unpaired) electrons. The van der Waals surface area contributed by atoms with E-state index in [4.69, 9.17) is 4.98 Å². The normalized spacial score (nSPS) is 19.9. The van der Waals surface area contributed by atoms with Crippen molar-refractivity contribution in [1.82, 2.24) is 15.2 Å². The van der Waals surface area contributed by atoms with E-state index in [0.29, 0.717) is 5.92 Å². The maximum Gasteiger partial charge on any atom is 0.0954 e. The minimum absolute atomic E-state index is 0.552. The van der Waals surface area contributed by atoms with E-state index in [-0.39, 0.29) is 0 Å². The Labute approximate surface area is 127 Å². The first-order valence-corrected chi connectivity index (χ1v) is 8.94. The van der Waals surface area contributed by atoms with E-state index >= 15 is 0 Å². The average Bonchev–Trinajstić information content (AvgIpc) is 2.89. The summed E-state index contributed by atoms with van der Waals surface area (Å²) in [4.78, 5) is 7.38. The highest BCUT2D eigenvalue weighted by atomic mass is 32.1. The minimum atomic E-state index is 0.552. The van der Waals surface area contributed by atoms with Gasteiger partial charge in [-0.15, -0.1) is 11.3 Å². The van der Waals surface area contributed by atoms with Crippen molar-refractivity contribution in [1.29, 1.82) is 0 Å². The molecule has 1 aliphatic rings. The molecule has 1 aliphatic heterocycles. The van der Waals surface area contributed by atoms with Gasteiger partial charge in [-0.1, -0.05) is 20.8 Å². The molecule has 4 heteroatoms. The van der Waals surface area contributed by atoms with Gasteiger partial charge in [-0.05, 0) is 44.8 Å². The molecule has 0 spiro atoms. The van der Waals surface area contributed by atoms with Crippen molar-refractivity contribution in [2.45, 2.75) is 52.5 Å². The van der Waals surface area contributed by atoms with Crippen molar-refractivity contribution < 1.29 is 0 Å². The first-order valence-electron chi connectivity index (χ1n) is 8.06. The van der Waals surface area contributed by atoms with Crippen LogP contribution >= 0.6 is 11.3 Å². The van der Waals surface area contributed by atoms with E-state index in [9.17, 15) is 0 Å².